The van der Waals surface area contributed by atoms with E-state index in [1.807, 2.05) is 6.20 Å². The van der Waals surface area contributed by atoms with Crippen LogP contribution < -0.4 is 4.72 Å². The number of sulfonamides is 1. The summed E-state index contributed by atoms with van der Waals surface area (Å²) in [6, 6.07) is 4.96. The van der Waals surface area contributed by atoms with Crippen molar-refractivity contribution in [1.29, 1.82) is 0 Å². The number of rotatable bonds is 5. The fourth-order valence-electron chi connectivity index (χ4n) is 2.11. The molecule has 0 atom stereocenters. The lowest BCUT2D eigenvalue weighted by atomic mass is 10.3. The second kappa shape index (κ2) is 5.78. The van der Waals surface area contributed by atoms with Crippen LogP contribution in [0.1, 0.15) is 5.69 Å². The molecule has 8 heteroatoms. The number of thioether (sulfide) groups is 1. The first-order valence-electron chi connectivity index (χ1n) is 6.49. The van der Waals surface area contributed by atoms with Gasteiger partial charge < -0.3 is 4.57 Å². The summed E-state index contributed by atoms with van der Waals surface area (Å²) in [6.07, 6.45) is 2.46. The van der Waals surface area contributed by atoms with Crippen molar-refractivity contribution in [3.05, 3.63) is 42.0 Å². The Hall–Kier alpha value is -1.38. The molecule has 0 fully saturated rings. The van der Waals surface area contributed by atoms with Gasteiger partial charge in [-0.2, -0.15) is 0 Å². The van der Waals surface area contributed by atoms with Gasteiger partial charge in [-0.25, -0.2) is 22.5 Å². The summed E-state index contributed by atoms with van der Waals surface area (Å²) in [7, 11) is -3.68. The molecule has 0 spiro atoms. The van der Waals surface area contributed by atoms with Gasteiger partial charge in [0.25, 0.3) is 0 Å². The number of benzene rings is 1. The van der Waals surface area contributed by atoms with E-state index in [-0.39, 0.29) is 11.4 Å². The number of aryl methyl sites for hydroxylation is 1. The van der Waals surface area contributed by atoms with Crippen LogP contribution in [0.25, 0.3) is 0 Å². The van der Waals surface area contributed by atoms with Crippen LogP contribution in [0.5, 0.6) is 0 Å². The maximum Gasteiger partial charge on any atom is 0.240 e. The van der Waals surface area contributed by atoms with Crippen LogP contribution in [0.2, 0.25) is 0 Å². The van der Waals surface area contributed by atoms with E-state index in [4.69, 9.17) is 0 Å². The lowest BCUT2D eigenvalue weighted by Gasteiger charge is -2.05. The third-order valence-corrected chi connectivity index (χ3v) is 5.56. The zero-order valence-electron chi connectivity index (χ0n) is 11.1. The predicted octanol–water partition coefficient (Wildman–Crippen LogP) is 1.65. The van der Waals surface area contributed by atoms with Crippen molar-refractivity contribution in [2.24, 2.45) is 0 Å². The van der Waals surface area contributed by atoms with Crippen molar-refractivity contribution in [1.82, 2.24) is 14.3 Å². The first-order valence-corrected chi connectivity index (χ1v) is 8.95. The number of fused-ring (bicyclic) bond motifs is 1. The molecule has 0 aliphatic carbocycles. The molecule has 112 valence electrons. The molecular weight excluding hydrogens is 313 g/mol. The minimum atomic E-state index is -3.68. The summed E-state index contributed by atoms with van der Waals surface area (Å²) >= 11 is 1.70. The highest BCUT2D eigenvalue weighted by atomic mass is 32.2. The predicted molar refractivity (Wildman–Crippen MR) is 78.2 cm³/mol. The van der Waals surface area contributed by atoms with Gasteiger partial charge in [0.15, 0.2) is 5.16 Å². The summed E-state index contributed by atoms with van der Waals surface area (Å²) in [5, 5.41) is 0.984. The fraction of sp³-hybridized carbons (Fsp3) is 0.308. The maximum absolute atomic E-state index is 13.1. The third kappa shape index (κ3) is 3.28. The molecule has 2 aromatic rings. The Kier molecular flexibility index (Phi) is 4.01. The van der Waals surface area contributed by atoms with E-state index in [1.165, 1.54) is 18.2 Å². The van der Waals surface area contributed by atoms with Crippen molar-refractivity contribution in [2.45, 2.75) is 23.0 Å². The number of halogens is 1. The Labute approximate surface area is 126 Å². The topological polar surface area (TPSA) is 64.0 Å². The number of hydrogen-bond acceptors (Lipinski definition) is 4. The highest BCUT2D eigenvalue weighted by molar-refractivity contribution is 7.99. The number of nitrogens with one attached hydrogen (secondary N) is 1. The van der Waals surface area contributed by atoms with E-state index in [1.54, 1.807) is 11.8 Å². The van der Waals surface area contributed by atoms with Crippen molar-refractivity contribution < 1.29 is 12.8 Å². The number of hydrogen-bond donors (Lipinski definition) is 1. The largest absolute Gasteiger partial charge is 0.325 e. The summed E-state index contributed by atoms with van der Waals surface area (Å²) in [5.41, 5.74) is 0.860. The molecule has 0 bridgehead atoms. The van der Waals surface area contributed by atoms with Crippen molar-refractivity contribution in [3.8, 4) is 0 Å². The summed E-state index contributed by atoms with van der Waals surface area (Å²) in [5.74, 6) is 0.467. The average molecular weight is 327 g/mol. The quantitative estimate of drug-likeness (QED) is 0.907. The third-order valence-electron chi connectivity index (χ3n) is 3.13. The van der Waals surface area contributed by atoms with Crippen LogP contribution in [-0.2, 0) is 23.0 Å². The molecule has 21 heavy (non-hydrogen) atoms. The smallest absolute Gasteiger partial charge is 0.240 e. The monoisotopic (exact) mass is 327 g/mol. The van der Waals surface area contributed by atoms with Gasteiger partial charge in [0, 0.05) is 31.5 Å². The van der Waals surface area contributed by atoms with Gasteiger partial charge in [0.1, 0.15) is 5.82 Å². The van der Waals surface area contributed by atoms with E-state index >= 15 is 0 Å². The van der Waals surface area contributed by atoms with Crippen LogP contribution in [0.3, 0.4) is 0 Å². The zero-order chi connectivity index (χ0) is 14.9. The zero-order valence-corrected chi connectivity index (χ0v) is 12.8. The molecule has 0 unspecified atom stereocenters. The molecule has 0 radical (unpaired) electrons. The molecule has 1 aromatic heterocycles. The fourth-order valence-corrected chi connectivity index (χ4v) is 4.14. The Balaban J connectivity index is 1.61. The van der Waals surface area contributed by atoms with Crippen molar-refractivity contribution >= 4 is 21.8 Å². The van der Waals surface area contributed by atoms with Crippen LogP contribution in [0, 0.1) is 5.82 Å². The van der Waals surface area contributed by atoms with Gasteiger partial charge in [0.2, 0.25) is 10.0 Å². The molecule has 1 aromatic carbocycles. The number of aromatic nitrogens is 2. The Morgan fingerprint density at radius 1 is 1.43 bits per heavy atom. The maximum atomic E-state index is 13.1. The molecule has 1 N–H and O–H groups in total. The highest BCUT2D eigenvalue weighted by Gasteiger charge is 2.16. The normalized spacial score (nSPS) is 14.3. The Morgan fingerprint density at radius 2 is 2.29 bits per heavy atom. The molecule has 3 rings (SSSR count). The van der Waals surface area contributed by atoms with Crippen LogP contribution in [0.15, 0.2) is 40.5 Å². The molecule has 1 aliphatic heterocycles. The Bertz CT molecular complexity index is 737. The van der Waals surface area contributed by atoms with Crippen molar-refractivity contribution in [3.63, 3.8) is 0 Å². The second-order valence-electron chi connectivity index (χ2n) is 4.66. The first-order chi connectivity index (χ1) is 10.0. The summed E-state index contributed by atoms with van der Waals surface area (Å²) in [6.45, 7) is 1.18. The van der Waals surface area contributed by atoms with E-state index in [2.05, 4.69) is 14.3 Å². The lowest BCUT2D eigenvalue weighted by Crippen LogP contribution is -2.26. The summed E-state index contributed by atoms with van der Waals surface area (Å²) in [4.78, 5) is 4.36. The minimum Gasteiger partial charge on any atom is -0.325 e. The van der Waals surface area contributed by atoms with E-state index in [0.29, 0.717) is 6.42 Å². The van der Waals surface area contributed by atoms with E-state index in [9.17, 15) is 12.8 Å². The molecular formula is C13H14FN3O2S2. The van der Waals surface area contributed by atoms with Crippen LogP contribution in [0.4, 0.5) is 4.39 Å². The number of imidazole rings is 1. The first kappa shape index (κ1) is 14.6. The van der Waals surface area contributed by atoms with E-state index in [0.717, 1.165) is 29.2 Å². The van der Waals surface area contributed by atoms with Gasteiger partial charge in [-0.05, 0) is 18.2 Å². The summed E-state index contributed by atoms with van der Waals surface area (Å²) < 4.78 is 41.6. The molecule has 1 aliphatic rings. The second-order valence-corrected chi connectivity index (χ2v) is 7.49. The van der Waals surface area contributed by atoms with Crippen LogP contribution >= 0.6 is 11.8 Å². The van der Waals surface area contributed by atoms with Crippen LogP contribution in [-0.4, -0.2) is 30.3 Å². The van der Waals surface area contributed by atoms with Gasteiger partial charge >= 0.3 is 0 Å². The van der Waals surface area contributed by atoms with Gasteiger partial charge in [0.05, 0.1) is 10.6 Å². The molecule has 0 saturated carbocycles. The number of nitrogens with zero attached hydrogens (tertiary/aromatic N) is 2. The molecule has 2 heterocycles. The highest BCUT2D eigenvalue weighted by Crippen LogP contribution is 2.24. The Morgan fingerprint density at radius 3 is 3.05 bits per heavy atom. The van der Waals surface area contributed by atoms with Crippen molar-refractivity contribution in [2.75, 3.05) is 12.3 Å². The SMILES string of the molecule is O=S(=O)(NCCc1cn2c(n1)SCC2)c1cccc(F)c1. The molecule has 0 amide bonds. The standard InChI is InChI=1S/C13H14FN3O2S2/c14-10-2-1-3-12(8-10)21(18,19)15-5-4-11-9-17-6-7-20-13(17)16-11/h1-3,8-9,15H,4-7H2. The average Bonchev–Trinajstić information content (AvgIpc) is 2.99. The molecule has 0 saturated heterocycles. The van der Waals surface area contributed by atoms with Gasteiger partial charge in [-0.3, -0.25) is 0 Å². The van der Waals surface area contributed by atoms with Gasteiger partial charge in [-0.1, -0.05) is 17.8 Å². The van der Waals surface area contributed by atoms with Gasteiger partial charge in [-0.15, -0.1) is 0 Å². The minimum absolute atomic E-state index is 0.0645. The lowest BCUT2D eigenvalue weighted by molar-refractivity contribution is 0.577. The molecule has 5 nitrogen and oxygen atoms in total. The van der Waals surface area contributed by atoms with E-state index < -0.39 is 15.8 Å².